The molecule has 0 amide bonds. The maximum absolute atomic E-state index is 13.2. The van der Waals surface area contributed by atoms with Gasteiger partial charge in [0.2, 0.25) is 0 Å². The van der Waals surface area contributed by atoms with Crippen molar-refractivity contribution in [2.45, 2.75) is 0 Å². The summed E-state index contributed by atoms with van der Waals surface area (Å²) in [4.78, 5) is 12.3. The molecule has 0 saturated heterocycles. The highest BCUT2D eigenvalue weighted by Gasteiger charge is 2.11. The van der Waals surface area contributed by atoms with Gasteiger partial charge in [0.1, 0.15) is 17.3 Å². The zero-order valence-corrected chi connectivity index (χ0v) is 13.5. The minimum Gasteiger partial charge on any atom is -0.346 e. The van der Waals surface area contributed by atoms with Crippen LogP contribution in [0.2, 0.25) is 0 Å². The molecule has 3 N–H and O–H groups in total. The number of aromatic amines is 2. The van der Waals surface area contributed by atoms with E-state index in [1.54, 1.807) is 18.3 Å². The van der Waals surface area contributed by atoms with Gasteiger partial charge in [0.05, 0.1) is 17.1 Å². The van der Waals surface area contributed by atoms with Crippen molar-refractivity contribution in [2.24, 2.45) is 0 Å². The Kier molecular flexibility index (Phi) is 3.18. The molecule has 3 aromatic heterocycles. The number of anilines is 2. The van der Waals surface area contributed by atoms with Gasteiger partial charge >= 0.3 is 0 Å². The predicted octanol–water partition coefficient (Wildman–Crippen LogP) is 4.38. The number of fused-ring (bicyclic) bond motifs is 2. The number of nitrogens with zero attached hydrogens (tertiary/aromatic N) is 3. The van der Waals surface area contributed by atoms with Crippen LogP contribution in [0, 0.1) is 5.82 Å². The molecule has 7 heteroatoms. The van der Waals surface area contributed by atoms with Crippen LogP contribution in [0.1, 0.15) is 0 Å². The van der Waals surface area contributed by atoms with E-state index in [0.717, 1.165) is 27.5 Å². The van der Waals surface area contributed by atoms with Gasteiger partial charge in [0, 0.05) is 22.8 Å². The number of aromatic nitrogens is 5. The summed E-state index contributed by atoms with van der Waals surface area (Å²) < 4.78 is 13.2. The zero-order chi connectivity index (χ0) is 17.5. The molecule has 0 unspecified atom stereocenters. The van der Waals surface area contributed by atoms with E-state index in [1.807, 2.05) is 30.5 Å². The fourth-order valence-electron chi connectivity index (χ4n) is 2.92. The lowest BCUT2D eigenvalue weighted by atomic mass is 10.2. The molecule has 0 saturated carbocycles. The van der Waals surface area contributed by atoms with Crippen LogP contribution in [-0.4, -0.2) is 25.1 Å². The van der Waals surface area contributed by atoms with Crippen molar-refractivity contribution < 1.29 is 4.39 Å². The Morgan fingerprint density at radius 2 is 1.85 bits per heavy atom. The van der Waals surface area contributed by atoms with Gasteiger partial charge in [-0.25, -0.2) is 14.4 Å². The first kappa shape index (κ1) is 14.6. The molecule has 126 valence electrons. The summed E-state index contributed by atoms with van der Waals surface area (Å²) in [6, 6.07) is 14.0. The maximum Gasteiger partial charge on any atom is 0.163 e. The van der Waals surface area contributed by atoms with Crippen molar-refractivity contribution in [3.8, 4) is 11.4 Å². The Morgan fingerprint density at radius 3 is 2.73 bits per heavy atom. The number of benzene rings is 2. The summed E-state index contributed by atoms with van der Waals surface area (Å²) in [5.41, 5.74) is 3.32. The first-order valence-corrected chi connectivity index (χ1v) is 8.07. The summed E-state index contributed by atoms with van der Waals surface area (Å²) in [6.07, 6.45) is 3.59. The van der Waals surface area contributed by atoms with E-state index in [9.17, 15) is 4.39 Å². The number of hydrogen-bond donors (Lipinski definition) is 3. The summed E-state index contributed by atoms with van der Waals surface area (Å²) >= 11 is 0. The Hall–Kier alpha value is -3.74. The molecule has 0 aliphatic heterocycles. The molecule has 2 aromatic carbocycles. The van der Waals surface area contributed by atoms with Crippen LogP contribution in [0.15, 0.2) is 60.9 Å². The Balaban J connectivity index is 1.61. The monoisotopic (exact) mass is 344 g/mol. The van der Waals surface area contributed by atoms with Gasteiger partial charge in [-0.05, 0) is 48.5 Å². The van der Waals surface area contributed by atoms with Gasteiger partial charge in [-0.15, -0.1) is 0 Å². The van der Waals surface area contributed by atoms with E-state index in [-0.39, 0.29) is 5.82 Å². The van der Waals surface area contributed by atoms with Crippen LogP contribution in [0.4, 0.5) is 15.9 Å². The molecule has 0 aliphatic rings. The molecule has 3 heterocycles. The number of nitrogens with one attached hydrogen (secondary N) is 3. The van der Waals surface area contributed by atoms with Gasteiger partial charge in [0.15, 0.2) is 5.82 Å². The molecular formula is C19H13FN6. The van der Waals surface area contributed by atoms with E-state index in [0.29, 0.717) is 17.3 Å². The van der Waals surface area contributed by atoms with Crippen LogP contribution in [0.25, 0.3) is 33.3 Å². The van der Waals surface area contributed by atoms with Gasteiger partial charge in [-0.1, -0.05) is 0 Å². The van der Waals surface area contributed by atoms with Crippen molar-refractivity contribution >= 4 is 33.4 Å². The summed E-state index contributed by atoms with van der Waals surface area (Å²) in [6.45, 7) is 0. The second kappa shape index (κ2) is 5.66. The lowest BCUT2D eigenvalue weighted by molar-refractivity contribution is 0.628. The van der Waals surface area contributed by atoms with E-state index in [2.05, 4.69) is 30.5 Å². The van der Waals surface area contributed by atoms with Crippen LogP contribution in [0.5, 0.6) is 0 Å². The second-order valence-corrected chi connectivity index (χ2v) is 5.94. The Bertz CT molecular complexity index is 1220. The third-order valence-corrected chi connectivity index (χ3v) is 4.22. The Morgan fingerprint density at radius 1 is 0.962 bits per heavy atom. The largest absolute Gasteiger partial charge is 0.346 e. The van der Waals surface area contributed by atoms with Crippen LogP contribution in [-0.2, 0) is 0 Å². The highest BCUT2D eigenvalue weighted by Crippen LogP contribution is 2.28. The fraction of sp³-hybridized carbons (Fsp3) is 0. The van der Waals surface area contributed by atoms with Crippen molar-refractivity contribution in [1.29, 1.82) is 0 Å². The van der Waals surface area contributed by atoms with Crippen molar-refractivity contribution in [3.63, 3.8) is 0 Å². The third kappa shape index (κ3) is 2.46. The van der Waals surface area contributed by atoms with Crippen LogP contribution < -0.4 is 5.32 Å². The van der Waals surface area contributed by atoms with Gasteiger partial charge in [-0.3, -0.25) is 5.10 Å². The van der Waals surface area contributed by atoms with Crippen LogP contribution in [0.3, 0.4) is 0 Å². The lowest BCUT2D eigenvalue weighted by Crippen LogP contribution is -1.98. The van der Waals surface area contributed by atoms with Crippen molar-refractivity contribution in [3.05, 3.63) is 66.7 Å². The quantitative estimate of drug-likeness (QED) is 0.453. The van der Waals surface area contributed by atoms with E-state index < -0.39 is 0 Å². The Labute approximate surface area is 147 Å². The SMILES string of the molecule is Fc1ccc(-c2nc(Nc3ccc4[nH]ncc4c3)c3cc[nH]c3n2)cc1. The smallest absolute Gasteiger partial charge is 0.163 e. The molecule has 0 atom stereocenters. The standard InChI is InChI=1S/C19H13FN6/c20-13-3-1-11(2-4-13)17-24-18-15(7-8-21-18)19(25-17)23-14-5-6-16-12(9-14)10-22-26-16/h1-10H,(H,22,26)(H2,21,23,24,25). The number of rotatable bonds is 3. The summed E-state index contributed by atoms with van der Waals surface area (Å²) in [5, 5.41) is 12.2. The first-order chi connectivity index (χ1) is 12.8. The lowest BCUT2D eigenvalue weighted by Gasteiger charge is -2.09. The van der Waals surface area contributed by atoms with Crippen LogP contribution >= 0.6 is 0 Å². The molecule has 5 rings (SSSR count). The van der Waals surface area contributed by atoms with Gasteiger partial charge in [0.25, 0.3) is 0 Å². The molecule has 0 spiro atoms. The van der Waals surface area contributed by atoms with Crippen molar-refractivity contribution in [1.82, 2.24) is 25.1 Å². The van der Waals surface area contributed by atoms with E-state index >= 15 is 0 Å². The van der Waals surface area contributed by atoms with Gasteiger partial charge < -0.3 is 10.3 Å². The summed E-state index contributed by atoms with van der Waals surface area (Å²) in [7, 11) is 0. The maximum atomic E-state index is 13.2. The third-order valence-electron chi connectivity index (χ3n) is 4.22. The zero-order valence-electron chi connectivity index (χ0n) is 13.5. The average Bonchev–Trinajstić information content (AvgIpc) is 3.30. The average molecular weight is 344 g/mol. The highest BCUT2D eigenvalue weighted by atomic mass is 19.1. The normalized spacial score (nSPS) is 11.3. The minimum absolute atomic E-state index is 0.290. The molecule has 0 bridgehead atoms. The molecule has 0 aliphatic carbocycles. The minimum atomic E-state index is -0.290. The fourth-order valence-corrected chi connectivity index (χ4v) is 2.92. The number of H-pyrrole nitrogens is 2. The van der Waals surface area contributed by atoms with E-state index in [1.165, 1.54) is 12.1 Å². The van der Waals surface area contributed by atoms with Gasteiger partial charge in [-0.2, -0.15) is 5.10 Å². The highest BCUT2D eigenvalue weighted by molar-refractivity contribution is 5.91. The molecule has 6 nitrogen and oxygen atoms in total. The predicted molar refractivity (Wildman–Crippen MR) is 98.7 cm³/mol. The molecule has 0 fully saturated rings. The summed E-state index contributed by atoms with van der Waals surface area (Å²) in [5.74, 6) is 0.909. The molecule has 5 aromatic rings. The second-order valence-electron chi connectivity index (χ2n) is 5.94. The molecule has 0 radical (unpaired) electrons. The molecule has 26 heavy (non-hydrogen) atoms. The number of halogens is 1. The number of hydrogen-bond acceptors (Lipinski definition) is 4. The van der Waals surface area contributed by atoms with Crippen molar-refractivity contribution in [2.75, 3.05) is 5.32 Å². The van der Waals surface area contributed by atoms with E-state index in [4.69, 9.17) is 0 Å². The topological polar surface area (TPSA) is 82.3 Å². The first-order valence-electron chi connectivity index (χ1n) is 8.07. The molecular weight excluding hydrogens is 331 g/mol.